The summed E-state index contributed by atoms with van der Waals surface area (Å²) < 4.78 is 47.3. The summed E-state index contributed by atoms with van der Waals surface area (Å²) in [6.45, 7) is 11.5. The van der Waals surface area contributed by atoms with E-state index in [4.69, 9.17) is 0 Å². The molecule has 1 aliphatic rings. The van der Waals surface area contributed by atoms with Crippen LogP contribution in [0, 0.1) is 0 Å². The molecule has 1 fully saturated rings. The van der Waals surface area contributed by atoms with Crippen LogP contribution in [0.25, 0.3) is 0 Å². The fourth-order valence-corrected chi connectivity index (χ4v) is 5.46. The van der Waals surface area contributed by atoms with E-state index in [0.717, 1.165) is 19.6 Å². The Morgan fingerprint density at radius 1 is 0.389 bits per heavy atom. The molecule has 0 aromatic carbocycles. The predicted octanol–water partition coefficient (Wildman–Crippen LogP) is -0.196. The topological polar surface area (TPSA) is 243 Å². The van der Waals surface area contributed by atoms with Gasteiger partial charge in [0, 0.05) is 52.4 Å². The third kappa shape index (κ3) is 9.57. The van der Waals surface area contributed by atoms with E-state index < -0.39 is 52.1 Å². The van der Waals surface area contributed by atoms with Crippen molar-refractivity contribution in [2.75, 3.05) is 52.4 Å². The minimum Gasteiger partial charge on any atom is -0.362 e. The van der Waals surface area contributed by atoms with E-state index in [1.54, 1.807) is 0 Å². The first-order chi connectivity index (χ1) is 16.1. The Bertz CT molecular complexity index is 889. The van der Waals surface area contributed by atoms with Gasteiger partial charge in [-0.25, -0.2) is 0 Å². The van der Waals surface area contributed by atoms with Crippen molar-refractivity contribution < 1.29 is 57.4 Å². The Hall–Kier alpha value is -1.24. The molecule has 0 atom stereocenters. The van der Waals surface area contributed by atoms with Crippen molar-refractivity contribution in [1.29, 1.82) is 0 Å². The summed E-state index contributed by atoms with van der Waals surface area (Å²) >= 11 is 0. The van der Waals surface area contributed by atoms with Crippen LogP contribution in [0.4, 0.5) is 0 Å². The zero-order valence-corrected chi connectivity index (χ0v) is 22.9. The molecule has 0 aromatic rings. The van der Waals surface area contributed by atoms with Gasteiger partial charge in [-0.05, 0) is 0 Å². The summed E-state index contributed by atoms with van der Waals surface area (Å²) in [4.78, 5) is 81.0. The highest BCUT2D eigenvalue weighted by atomic mass is 31.2. The molecule has 1 saturated heterocycles. The Labute approximate surface area is 208 Å². The van der Waals surface area contributed by atoms with Crippen molar-refractivity contribution in [2.24, 2.45) is 0 Å². The summed E-state index contributed by atoms with van der Waals surface area (Å²) in [6.07, 6.45) is 0. The lowest BCUT2D eigenvalue weighted by atomic mass is 10.3. The van der Waals surface area contributed by atoms with Crippen molar-refractivity contribution >= 4 is 30.4 Å². The maximum atomic E-state index is 11.8. The first-order valence-electron chi connectivity index (χ1n) is 10.1. The number of hydrogen-bond donors (Lipinski definition) is 8. The fraction of sp³-hybridized carbons (Fsp3) is 0.500. The summed E-state index contributed by atoms with van der Waals surface area (Å²) in [5, 5.41) is 0. The Balaban J connectivity index is 3.47. The highest BCUT2D eigenvalue weighted by Gasteiger charge is 2.32. The van der Waals surface area contributed by atoms with Crippen molar-refractivity contribution in [3.8, 4) is 0 Å². The molecule has 36 heavy (non-hydrogen) atoms. The van der Waals surface area contributed by atoms with Crippen LogP contribution in [0.3, 0.4) is 0 Å². The Kier molecular flexibility index (Phi) is 11.0. The van der Waals surface area contributed by atoms with Gasteiger partial charge in [-0.3, -0.25) is 18.3 Å². The van der Waals surface area contributed by atoms with E-state index in [2.05, 4.69) is 26.3 Å². The van der Waals surface area contributed by atoms with Crippen LogP contribution in [0.5, 0.6) is 0 Å². The van der Waals surface area contributed by atoms with E-state index in [0.29, 0.717) is 0 Å². The normalized spacial score (nSPS) is 17.8. The zero-order valence-electron chi connectivity index (χ0n) is 19.3. The average molecular weight is 596 g/mol. The maximum absolute atomic E-state index is 11.8. The molecule has 1 rings (SSSR count). The molecule has 208 valence electrons. The highest BCUT2D eigenvalue weighted by molar-refractivity contribution is 7.57. The molecule has 8 N–H and O–H groups in total. The number of hydrogen-bond acceptors (Lipinski definition) is 8. The molecule has 0 bridgehead atoms. The smallest absolute Gasteiger partial charge is 0.362 e. The lowest BCUT2D eigenvalue weighted by Gasteiger charge is -2.38. The summed E-state index contributed by atoms with van der Waals surface area (Å²) in [6, 6.07) is 0. The maximum Gasteiger partial charge on any atom is 0.371 e. The van der Waals surface area contributed by atoms with Crippen LogP contribution < -0.4 is 0 Å². The van der Waals surface area contributed by atoms with Gasteiger partial charge in [-0.15, -0.1) is 0 Å². The first-order valence-corrected chi connectivity index (χ1v) is 16.5. The molecule has 0 radical (unpaired) electrons. The molecule has 20 heteroatoms. The minimum absolute atomic E-state index is 0.251. The van der Waals surface area contributed by atoms with Gasteiger partial charge in [-0.1, -0.05) is 26.3 Å². The van der Waals surface area contributed by atoms with Gasteiger partial charge in [0.05, 0.1) is 0 Å². The van der Waals surface area contributed by atoms with Gasteiger partial charge >= 0.3 is 30.4 Å². The van der Waals surface area contributed by atoms with Gasteiger partial charge in [0.1, 0.15) is 21.8 Å². The largest absolute Gasteiger partial charge is 0.371 e. The molecule has 0 aliphatic carbocycles. The number of rotatable bonds is 8. The molecule has 1 heterocycles. The Morgan fingerprint density at radius 3 is 0.583 bits per heavy atom. The van der Waals surface area contributed by atoms with E-state index in [1.807, 2.05) is 0 Å². The van der Waals surface area contributed by atoms with Crippen molar-refractivity contribution in [2.45, 2.75) is 0 Å². The second kappa shape index (κ2) is 12.1. The molecule has 0 aromatic heterocycles. The van der Waals surface area contributed by atoms with Crippen LogP contribution in [-0.4, -0.2) is 111 Å². The van der Waals surface area contributed by atoms with E-state index in [-0.39, 0.29) is 52.4 Å². The standard InChI is InChI=1S/C16H32N4O12P4/c1-13(33(21,22)23)17-5-7-18(14(2)34(24,25)26)9-11-20(16(4)36(30,31)32)12-10-19(8-6-17)15(3)35(27,28)29/h1-12H2,(H2,21,22,23)(H2,24,25,26)(H2,27,28,29)(H2,30,31,32). The van der Waals surface area contributed by atoms with Gasteiger partial charge in [-0.2, -0.15) is 0 Å². The second-order valence-corrected chi connectivity index (χ2v) is 14.2. The van der Waals surface area contributed by atoms with Crippen LogP contribution in [0.2, 0.25) is 0 Å². The monoisotopic (exact) mass is 596 g/mol. The third-order valence-corrected chi connectivity index (χ3v) is 9.19. The second-order valence-electron chi connectivity index (χ2n) is 7.79. The summed E-state index contributed by atoms with van der Waals surface area (Å²) in [7, 11) is -19.4. The Morgan fingerprint density at radius 2 is 0.500 bits per heavy atom. The molecule has 0 unspecified atom stereocenters. The fourth-order valence-electron chi connectivity index (χ4n) is 3.18. The first kappa shape index (κ1) is 32.8. The van der Waals surface area contributed by atoms with Gasteiger partial charge in [0.2, 0.25) is 0 Å². The summed E-state index contributed by atoms with van der Waals surface area (Å²) in [5.74, 6) is 0. The lowest BCUT2D eigenvalue weighted by Crippen LogP contribution is -2.44. The van der Waals surface area contributed by atoms with E-state index in [1.165, 1.54) is 0 Å². The third-order valence-electron chi connectivity index (χ3n) is 5.36. The zero-order chi connectivity index (χ0) is 28.3. The predicted molar refractivity (Wildman–Crippen MR) is 131 cm³/mol. The van der Waals surface area contributed by atoms with Crippen LogP contribution >= 0.6 is 30.4 Å². The minimum atomic E-state index is -4.86. The van der Waals surface area contributed by atoms with Gasteiger partial charge in [0.15, 0.2) is 0 Å². The molecule has 0 amide bonds. The quantitative estimate of drug-likeness (QED) is 0.169. The molecular weight excluding hydrogens is 564 g/mol. The lowest BCUT2D eigenvalue weighted by molar-refractivity contribution is 0.196. The summed E-state index contributed by atoms with van der Waals surface area (Å²) in [5.41, 5.74) is -2.50. The van der Waals surface area contributed by atoms with Crippen molar-refractivity contribution in [3.63, 3.8) is 0 Å². The molecule has 16 nitrogen and oxygen atoms in total. The van der Waals surface area contributed by atoms with Crippen LogP contribution in [0.1, 0.15) is 0 Å². The van der Waals surface area contributed by atoms with Crippen molar-refractivity contribution in [3.05, 3.63) is 48.1 Å². The molecular formula is C16H32N4O12P4. The average Bonchev–Trinajstić information content (AvgIpc) is 2.69. The number of nitrogens with zero attached hydrogens (tertiary/aromatic N) is 4. The van der Waals surface area contributed by atoms with Crippen LogP contribution in [0.15, 0.2) is 48.1 Å². The van der Waals surface area contributed by atoms with Gasteiger partial charge < -0.3 is 58.7 Å². The van der Waals surface area contributed by atoms with E-state index >= 15 is 0 Å². The molecule has 1 aliphatic heterocycles. The molecule has 0 saturated carbocycles. The molecule has 0 spiro atoms. The van der Waals surface area contributed by atoms with Crippen LogP contribution in [-0.2, 0) is 18.3 Å². The van der Waals surface area contributed by atoms with E-state index in [9.17, 15) is 57.4 Å². The van der Waals surface area contributed by atoms with Gasteiger partial charge in [0.25, 0.3) is 0 Å². The van der Waals surface area contributed by atoms with Crippen molar-refractivity contribution in [1.82, 2.24) is 19.6 Å². The SMILES string of the molecule is C=C(N1CCN(C(=C)P(=O)(O)O)CCN(C(=C)P(=O)(O)O)CCN(C(=C)P(=O)(O)O)CC1)P(=O)(O)O. The highest BCUT2D eigenvalue weighted by Crippen LogP contribution is 2.49.